The van der Waals surface area contributed by atoms with E-state index in [0.717, 1.165) is 16.7 Å². The van der Waals surface area contributed by atoms with Crippen LogP contribution in [0.1, 0.15) is 30.5 Å². The molecule has 0 radical (unpaired) electrons. The second kappa shape index (κ2) is 7.41. The van der Waals surface area contributed by atoms with Crippen LogP contribution in [0.4, 0.5) is 0 Å². The third kappa shape index (κ3) is 3.43. The Morgan fingerprint density at radius 3 is 2.64 bits per heavy atom. The van der Waals surface area contributed by atoms with E-state index < -0.39 is 5.60 Å². The highest BCUT2D eigenvalue weighted by Gasteiger charge is 2.41. The molecule has 6 heteroatoms. The summed E-state index contributed by atoms with van der Waals surface area (Å²) in [6.45, 7) is 2.70. The summed E-state index contributed by atoms with van der Waals surface area (Å²) in [5.74, 6) is -0.273. The van der Waals surface area contributed by atoms with Gasteiger partial charge in [0, 0.05) is 29.7 Å². The number of rotatable bonds is 4. The number of H-pyrrole nitrogens is 1. The first-order chi connectivity index (χ1) is 13.5. The van der Waals surface area contributed by atoms with Crippen LogP contribution in [0.15, 0.2) is 60.8 Å². The molecule has 1 fully saturated rings. The van der Waals surface area contributed by atoms with Gasteiger partial charge in [-0.15, -0.1) is 0 Å². The highest BCUT2D eigenvalue weighted by molar-refractivity contribution is 6.33. The van der Waals surface area contributed by atoms with Crippen molar-refractivity contribution < 1.29 is 9.90 Å². The molecule has 2 N–H and O–H groups in total. The molecule has 1 amide bonds. The zero-order valence-corrected chi connectivity index (χ0v) is 16.4. The fourth-order valence-corrected chi connectivity index (χ4v) is 4.02. The molecule has 2 atom stereocenters. The smallest absolute Gasteiger partial charge is 0.229 e. The van der Waals surface area contributed by atoms with E-state index in [2.05, 4.69) is 10.2 Å². The number of nitrogens with one attached hydrogen (secondary N) is 1. The van der Waals surface area contributed by atoms with Crippen LogP contribution < -0.4 is 0 Å². The molecule has 3 aromatic rings. The summed E-state index contributed by atoms with van der Waals surface area (Å²) in [7, 11) is 0. The van der Waals surface area contributed by atoms with E-state index in [1.807, 2.05) is 55.5 Å². The quantitative estimate of drug-likeness (QED) is 0.702. The molecule has 0 bridgehead atoms. The predicted octanol–water partition coefficient (Wildman–Crippen LogP) is 3.95. The van der Waals surface area contributed by atoms with Crippen LogP contribution in [0.25, 0.3) is 11.1 Å². The zero-order valence-electron chi connectivity index (χ0n) is 15.6. The van der Waals surface area contributed by atoms with Gasteiger partial charge in [-0.2, -0.15) is 5.10 Å². The molecular formula is C22H22ClN3O2. The number of amides is 1. The van der Waals surface area contributed by atoms with Gasteiger partial charge in [0.25, 0.3) is 0 Å². The highest BCUT2D eigenvalue weighted by Crippen LogP contribution is 2.33. The van der Waals surface area contributed by atoms with Gasteiger partial charge in [0.2, 0.25) is 5.91 Å². The van der Waals surface area contributed by atoms with E-state index in [1.165, 1.54) is 0 Å². The summed E-state index contributed by atoms with van der Waals surface area (Å²) in [4.78, 5) is 14.7. The van der Waals surface area contributed by atoms with E-state index in [0.29, 0.717) is 23.7 Å². The maximum absolute atomic E-state index is 13.0. The summed E-state index contributed by atoms with van der Waals surface area (Å²) >= 11 is 6.28. The number of hydrogen-bond donors (Lipinski definition) is 2. The Balaban J connectivity index is 1.48. The van der Waals surface area contributed by atoms with Crippen molar-refractivity contribution in [2.75, 3.05) is 13.1 Å². The number of benzene rings is 2. The molecule has 1 aliphatic heterocycles. The van der Waals surface area contributed by atoms with Gasteiger partial charge in [0.05, 0.1) is 18.2 Å². The Bertz CT molecular complexity index is 972. The first-order valence-corrected chi connectivity index (χ1v) is 9.72. The van der Waals surface area contributed by atoms with Crippen LogP contribution in [-0.2, 0) is 10.4 Å². The van der Waals surface area contributed by atoms with E-state index in [-0.39, 0.29) is 18.4 Å². The maximum Gasteiger partial charge on any atom is 0.229 e. The lowest BCUT2D eigenvalue weighted by Crippen LogP contribution is -2.36. The number of hydrogen-bond acceptors (Lipinski definition) is 3. The average Bonchev–Trinajstić information content (AvgIpc) is 3.38. The van der Waals surface area contributed by atoms with Crippen molar-refractivity contribution in [3.8, 4) is 11.1 Å². The number of carbonyl (C=O) groups is 1. The van der Waals surface area contributed by atoms with Crippen molar-refractivity contribution in [3.63, 3.8) is 0 Å². The Morgan fingerprint density at radius 2 is 1.96 bits per heavy atom. The molecule has 144 valence electrons. The van der Waals surface area contributed by atoms with Crippen molar-refractivity contribution >= 4 is 17.5 Å². The van der Waals surface area contributed by atoms with Crippen LogP contribution in [0.3, 0.4) is 0 Å². The minimum Gasteiger partial charge on any atom is -0.382 e. The van der Waals surface area contributed by atoms with Gasteiger partial charge < -0.3 is 10.0 Å². The highest BCUT2D eigenvalue weighted by atomic mass is 35.5. The van der Waals surface area contributed by atoms with Crippen molar-refractivity contribution in [3.05, 3.63) is 77.1 Å². The maximum atomic E-state index is 13.0. The zero-order chi connectivity index (χ0) is 19.7. The number of aliphatic hydroxyl groups is 1. The Kier molecular flexibility index (Phi) is 4.96. The molecule has 2 unspecified atom stereocenters. The number of β-amino-alcohol motifs (C(OH)–C–C–N with tert-alkyl or cyclic N) is 1. The standard InChI is InChI=1S/C22H22ClN3O2/c1-15(16-6-8-17(9-7-16)18-4-2-3-5-19(18)23)21(27)26-13-11-22(28,14-26)20-10-12-24-25-20/h2-10,12,15,28H,11,13-14H2,1H3,(H,24,25). The SMILES string of the molecule is CC(C(=O)N1CCC(O)(c2ccn[nH]2)C1)c1ccc(-c2ccccc2Cl)cc1. The first-order valence-electron chi connectivity index (χ1n) is 9.34. The summed E-state index contributed by atoms with van der Waals surface area (Å²) < 4.78 is 0. The summed E-state index contributed by atoms with van der Waals surface area (Å²) in [5.41, 5.74) is 2.53. The van der Waals surface area contributed by atoms with E-state index >= 15 is 0 Å². The van der Waals surface area contributed by atoms with Gasteiger partial charge in [0.15, 0.2) is 0 Å². The normalized spacial score (nSPS) is 20.3. The van der Waals surface area contributed by atoms with E-state index in [4.69, 9.17) is 11.6 Å². The fourth-order valence-electron chi connectivity index (χ4n) is 3.78. The number of halogens is 1. The van der Waals surface area contributed by atoms with Crippen molar-refractivity contribution in [1.82, 2.24) is 15.1 Å². The van der Waals surface area contributed by atoms with Crippen LogP contribution in [-0.4, -0.2) is 39.2 Å². The number of aromatic amines is 1. The number of carbonyl (C=O) groups excluding carboxylic acids is 1. The lowest BCUT2D eigenvalue weighted by atomic mass is 9.96. The third-order valence-electron chi connectivity index (χ3n) is 5.53. The predicted molar refractivity (Wildman–Crippen MR) is 109 cm³/mol. The molecule has 5 nitrogen and oxygen atoms in total. The first kappa shape index (κ1) is 18.7. The molecule has 4 rings (SSSR count). The largest absolute Gasteiger partial charge is 0.382 e. The van der Waals surface area contributed by atoms with Gasteiger partial charge in [-0.3, -0.25) is 9.89 Å². The van der Waals surface area contributed by atoms with Gasteiger partial charge in [0.1, 0.15) is 5.60 Å². The van der Waals surface area contributed by atoms with Crippen molar-refractivity contribution in [2.45, 2.75) is 24.9 Å². The number of likely N-dealkylation sites (tertiary alicyclic amines) is 1. The van der Waals surface area contributed by atoms with Crippen LogP contribution in [0.5, 0.6) is 0 Å². The fraction of sp³-hybridized carbons (Fsp3) is 0.273. The molecule has 0 saturated carbocycles. The van der Waals surface area contributed by atoms with Gasteiger partial charge >= 0.3 is 0 Å². The van der Waals surface area contributed by atoms with Gasteiger partial charge in [-0.1, -0.05) is 54.1 Å². The molecule has 1 aliphatic rings. The third-order valence-corrected chi connectivity index (χ3v) is 5.86. The van der Waals surface area contributed by atoms with Crippen molar-refractivity contribution in [2.24, 2.45) is 0 Å². The monoisotopic (exact) mass is 395 g/mol. The molecule has 28 heavy (non-hydrogen) atoms. The molecule has 1 aromatic heterocycles. The summed E-state index contributed by atoms with van der Waals surface area (Å²) in [6, 6.07) is 17.4. The average molecular weight is 396 g/mol. The van der Waals surface area contributed by atoms with Crippen LogP contribution in [0, 0.1) is 0 Å². The summed E-state index contributed by atoms with van der Waals surface area (Å²) in [6.07, 6.45) is 2.11. The van der Waals surface area contributed by atoms with Crippen molar-refractivity contribution in [1.29, 1.82) is 0 Å². The lowest BCUT2D eigenvalue weighted by molar-refractivity contribution is -0.132. The van der Waals surface area contributed by atoms with Crippen LogP contribution >= 0.6 is 11.6 Å². The van der Waals surface area contributed by atoms with Gasteiger partial charge in [-0.05, 0) is 30.2 Å². The van der Waals surface area contributed by atoms with Gasteiger partial charge in [-0.25, -0.2) is 0 Å². The Hall–Kier alpha value is -2.63. The molecule has 0 aliphatic carbocycles. The number of aromatic nitrogens is 2. The van der Waals surface area contributed by atoms with E-state index in [9.17, 15) is 9.90 Å². The minimum absolute atomic E-state index is 0.0148. The lowest BCUT2D eigenvalue weighted by Gasteiger charge is -2.24. The van der Waals surface area contributed by atoms with Crippen LogP contribution in [0.2, 0.25) is 5.02 Å². The molecule has 0 spiro atoms. The number of nitrogens with zero attached hydrogens (tertiary/aromatic N) is 2. The topological polar surface area (TPSA) is 69.2 Å². The Labute approximate surface area is 169 Å². The molecular weight excluding hydrogens is 374 g/mol. The molecule has 1 saturated heterocycles. The summed E-state index contributed by atoms with van der Waals surface area (Å²) in [5, 5.41) is 18.3. The molecule has 2 aromatic carbocycles. The van der Waals surface area contributed by atoms with E-state index in [1.54, 1.807) is 17.2 Å². The second-order valence-corrected chi connectivity index (χ2v) is 7.74. The minimum atomic E-state index is -1.06. The second-order valence-electron chi connectivity index (χ2n) is 7.34. The Morgan fingerprint density at radius 1 is 1.21 bits per heavy atom. The molecule has 2 heterocycles.